The molecule has 5 rings (SSSR count). The highest BCUT2D eigenvalue weighted by Crippen LogP contribution is 2.44. The first-order valence-electron chi connectivity index (χ1n) is 9.15. The van der Waals surface area contributed by atoms with E-state index in [1.807, 2.05) is 18.2 Å². The Bertz CT molecular complexity index is 1140. The lowest BCUT2D eigenvalue weighted by atomic mass is 9.98. The van der Waals surface area contributed by atoms with E-state index < -0.39 is 0 Å². The second-order valence-corrected chi connectivity index (χ2v) is 6.98. The summed E-state index contributed by atoms with van der Waals surface area (Å²) in [6.45, 7) is 0. The first kappa shape index (κ1) is 15.8. The molecule has 0 spiro atoms. The molecule has 0 N–H and O–H groups in total. The lowest BCUT2D eigenvalue weighted by Crippen LogP contribution is -2.05. The fourth-order valence-electron chi connectivity index (χ4n) is 4.38. The van der Waals surface area contributed by atoms with Gasteiger partial charge >= 0.3 is 0 Å². The minimum atomic E-state index is -0.345. The smallest absolute Gasteiger partial charge is 0.269 e. The van der Waals surface area contributed by atoms with Crippen LogP contribution in [0.1, 0.15) is 23.7 Å². The Kier molecular flexibility index (Phi) is 3.57. The topological polar surface area (TPSA) is 48.1 Å². The minimum Gasteiger partial charge on any atom is -0.336 e. The molecular weight excluding hydrogens is 336 g/mol. The van der Waals surface area contributed by atoms with Crippen LogP contribution in [0, 0.1) is 10.1 Å². The summed E-state index contributed by atoms with van der Waals surface area (Å²) in [5.74, 6) is 0. The van der Waals surface area contributed by atoms with Crippen molar-refractivity contribution in [1.29, 1.82) is 0 Å². The summed E-state index contributed by atoms with van der Waals surface area (Å²) >= 11 is 0. The zero-order chi connectivity index (χ0) is 18.4. The van der Waals surface area contributed by atoms with Crippen LogP contribution >= 0.6 is 0 Å². The summed E-state index contributed by atoms with van der Waals surface area (Å²) < 4.78 is 2.43. The van der Waals surface area contributed by atoms with E-state index in [0.29, 0.717) is 0 Å². The Morgan fingerprint density at radius 2 is 1.59 bits per heavy atom. The summed E-state index contributed by atoms with van der Waals surface area (Å²) in [4.78, 5) is 10.6. The van der Waals surface area contributed by atoms with Crippen LogP contribution in [-0.2, 0) is 6.42 Å². The highest BCUT2D eigenvalue weighted by atomic mass is 16.6. The van der Waals surface area contributed by atoms with Crippen molar-refractivity contribution in [3.63, 3.8) is 0 Å². The molecule has 4 heteroatoms. The number of nitrogens with zero attached hydrogens (tertiary/aromatic N) is 2. The van der Waals surface area contributed by atoms with Crippen molar-refractivity contribution in [1.82, 2.24) is 4.57 Å². The van der Waals surface area contributed by atoms with Crippen molar-refractivity contribution in [2.24, 2.45) is 0 Å². The van der Waals surface area contributed by atoms with Gasteiger partial charge in [0.1, 0.15) is 0 Å². The zero-order valence-electron chi connectivity index (χ0n) is 14.7. The Labute approximate surface area is 156 Å². The number of hydrogen-bond acceptors (Lipinski definition) is 2. The summed E-state index contributed by atoms with van der Waals surface area (Å²) in [5.41, 5.74) is 6.40. The summed E-state index contributed by atoms with van der Waals surface area (Å²) in [6, 6.07) is 26.3. The van der Waals surface area contributed by atoms with Gasteiger partial charge in [-0.15, -0.1) is 0 Å². The molecule has 1 unspecified atom stereocenters. The van der Waals surface area contributed by atoms with Crippen molar-refractivity contribution in [2.45, 2.75) is 18.9 Å². The second-order valence-electron chi connectivity index (χ2n) is 6.98. The van der Waals surface area contributed by atoms with Crippen LogP contribution < -0.4 is 0 Å². The maximum atomic E-state index is 11.0. The van der Waals surface area contributed by atoms with Crippen LogP contribution in [0.5, 0.6) is 0 Å². The van der Waals surface area contributed by atoms with Gasteiger partial charge in [-0.3, -0.25) is 10.1 Å². The lowest BCUT2D eigenvalue weighted by molar-refractivity contribution is -0.384. The normalized spacial score (nSPS) is 15.8. The summed E-state index contributed by atoms with van der Waals surface area (Å²) in [5, 5.41) is 12.2. The number of non-ortho nitro benzene ring substituents is 1. The molecule has 0 radical (unpaired) electrons. The molecule has 0 aliphatic carbocycles. The van der Waals surface area contributed by atoms with Gasteiger partial charge in [-0.25, -0.2) is 0 Å². The first-order valence-corrected chi connectivity index (χ1v) is 9.15. The third-order valence-electron chi connectivity index (χ3n) is 5.53. The van der Waals surface area contributed by atoms with Gasteiger partial charge in [-0.05, 0) is 30.0 Å². The van der Waals surface area contributed by atoms with Crippen molar-refractivity contribution in [3.8, 4) is 11.1 Å². The number of hydrogen-bond donors (Lipinski definition) is 0. The van der Waals surface area contributed by atoms with Crippen molar-refractivity contribution in [3.05, 3.63) is 100 Å². The van der Waals surface area contributed by atoms with Crippen LogP contribution in [0.2, 0.25) is 0 Å². The Morgan fingerprint density at radius 3 is 2.33 bits per heavy atom. The number of nitro benzene ring substituents is 1. The van der Waals surface area contributed by atoms with Crippen molar-refractivity contribution >= 4 is 16.6 Å². The number of fused-ring (bicyclic) bond motifs is 3. The van der Waals surface area contributed by atoms with Crippen LogP contribution in [0.4, 0.5) is 5.69 Å². The number of rotatable bonds is 3. The number of nitro groups is 1. The van der Waals surface area contributed by atoms with E-state index >= 15 is 0 Å². The molecule has 1 aliphatic rings. The van der Waals surface area contributed by atoms with E-state index in [9.17, 15) is 10.1 Å². The fourth-order valence-corrected chi connectivity index (χ4v) is 4.38. The van der Waals surface area contributed by atoms with Gasteiger partial charge in [-0.1, -0.05) is 60.7 Å². The highest BCUT2D eigenvalue weighted by molar-refractivity contribution is 5.98. The Hall–Kier alpha value is -3.40. The fraction of sp³-hybridized carbons (Fsp3) is 0.130. The molecule has 4 nitrogen and oxygen atoms in total. The van der Waals surface area contributed by atoms with E-state index in [0.717, 1.165) is 18.4 Å². The molecule has 3 aromatic carbocycles. The lowest BCUT2D eigenvalue weighted by Gasteiger charge is -2.15. The van der Waals surface area contributed by atoms with E-state index in [1.54, 1.807) is 12.1 Å². The molecule has 0 fully saturated rings. The van der Waals surface area contributed by atoms with Gasteiger partial charge in [0.15, 0.2) is 0 Å². The van der Waals surface area contributed by atoms with Crippen LogP contribution in [0.3, 0.4) is 0 Å². The van der Waals surface area contributed by atoms with Crippen molar-refractivity contribution in [2.75, 3.05) is 0 Å². The SMILES string of the molecule is O=[N+]([O-])c1ccc(C2CCc3c(-c4ccccc4)c4ccccc4n32)cc1. The maximum absolute atomic E-state index is 11.0. The molecule has 1 aromatic heterocycles. The van der Waals surface area contributed by atoms with Gasteiger partial charge in [0.25, 0.3) is 5.69 Å². The monoisotopic (exact) mass is 354 g/mol. The number of para-hydroxylation sites is 1. The molecule has 4 aromatic rings. The van der Waals surface area contributed by atoms with E-state index in [2.05, 4.69) is 53.1 Å². The zero-order valence-corrected chi connectivity index (χ0v) is 14.7. The third kappa shape index (κ3) is 2.45. The largest absolute Gasteiger partial charge is 0.336 e. The van der Waals surface area contributed by atoms with E-state index in [4.69, 9.17) is 0 Å². The maximum Gasteiger partial charge on any atom is 0.269 e. The molecule has 27 heavy (non-hydrogen) atoms. The Morgan fingerprint density at radius 1 is 0.889 bits per heavy atom. The van der Waals surface area contributed by atoms with Crippen LogP contribution in [0.15, 0.2) is 78.9 Å². The molecule has 1 aliphatic heterocycles. The molecule has 2 heterocycles. The average Bonchev–Trinajstić information content (AvgIpc) is 3.27. The van der Waals surface area contributed by atoms with Gasteiger partial charge in [-0.2, -0.15) is 0 Å². The van der Waals surface area contributed by atoms with E-state index in [-0.39, 0.29) is 16.7 Å². The van der Waals surface area contributed by atoms with Gasteiger partial charge in [0.2, 0.25) is 0 Å². The predicted molar refractivity (Wildman–Crippen MR) is 107 cm³/mol. The molecule has 132 valence electrons. The predicted octanol–water partition coefficient (Wildman–Crippen LogP) is 5.75. The molecule has 0 saturated heterocycles. The standard InChI is InChI=1S/C23H18N2O2/c26-25(27)18-12-10-16(11-13-18)20-14-15-22-23(17-6-2-1-3-7-17)19-8-4-5-9-21(19)24(20)22/h1-13,20H,14-15H2. The minimum absolute atomic E-state index is 0.138. The molecule has 1 atom stereocenters. The first-order chi connectivity index (χ1) is 13.2. The van der Waals surface area contributed by atoms with Crippen molar-refractivity contribution < 1.29 is 4.92 Å². The molecule has 0 saturated carbocycles. The quantitative estimate of drug-likeness (QED) is 0.347. The number of benzene rings is 3. The van der Waals surface area contributed by atoms with Gasteiger partial charge in [0, 0.05) is 34.3 Å². The van der Waals surface area contributed by atoms with E-state index in [1.165, 1.54) is 27.7 Å². The summed E-state index contributed by atoms with van der Waals surface area (Å²) in [7, 11) is 0. The van der Waals surface area contributed by atoms with Gasteiger partial charge < -0.3 is 4.57 Å². The molecule has 0 bridgehead atoms. The summed E-state index contributed by atoms with van der Waals surface area (Å²) in [6.07, 6.45) is 2.01. The van der Waals surface area contributed by atoms with Crippen LogP contribution in [-0.4, -0.2) is 9.49 Å². The number of aromatic nitrogens is 1. The third-order valence-corrected chi connectivity index (χ3v) is 5.53. The molecule has 0 amide bonds. The molecular formula is C23H18N2O2. The van der Waals surface area contributed by atoms with Gasteiger partial charge in [0.05, 0.1) is 11.0 Å². The second kappa shape index (κ2) is 6.09. The average molecular weight is 354 g/mol. The highest BCUT2D eigenvalue weighted by Gasteiger charge is 2.29. The van der Waals surface area contributed by atoms with Crippen LogP contribution in [0.25, 0.3) is 22.0 Å². The Balaban J connectivity index is 1.70.